The largest absolute Gasteiger partial charge is 0.459 e. The zero-order valence-corrected chi connectivity index (χ0v) is 48.2. The molecule has 0 radical (unpaired) electrons. The van der Waals surface area contributed by atoms with Crippen LogP contribution in [0.3, 0.4) is 0 Å². The van der Waals surface area contributed by atoms with Crippen LogP contribution >= 0.6 is 11.6 Å². The fourth-order valence-electron chi connectivity index (χ4n) is 8.64. The maximum absolute atomic E-state index is 14.4. The highest BCUT2D eigenvalue weighted by molar-refractivity contribution is 6.20. The summed E-state index contributed by atoms with van der Waals surface area (Å²) >= 11 is 6.49. The van der Waals surface area contributed by atoms with Gasteiger partial charge in [0.1, 0.15) is 54.4 Å². The monoisotopic (exact) mass is 1150 g/mol. The molecular formula is C53H84ClN11O15. The summed E-state index contributed by atoms with van der Waals surface area (Å²) in [5.41, 5.74) is 6.03. The Kier molecular flexibility index (Phi) is 29.1. The third-order valence-corrected chi connectivity index (χ3v) is 13.6. The number of alkyl halides is 1. The maximum Gasteiger partial charge on any atom is 0.328 e. The van der Waals surface area contributed by atoms with E-state index in [4.69, 9.17) is 22.1 Å². The molecule has 13 N–H and O–H groups in total. The molecule has 1 fully saturated rings. The molecule has 1 aromatic carbocycles. The minimum Gasteiger partial charge on any atom is -0.459 e. The number of primary amides is 1. The van der Waals surface area contributed by atoms with E-state index in [1.807, 2.05) is 0 Å². The van der Waals surface area contributed by atoms with E-state index < -0.39 is 168 Å². The molecule has 0 spiro atoms. The SMILES string of the molecule is CCC[C@H]1NC(=O)CNC(=O)C(Cc2ccccc2)NC(=O)[C@@H](C(C)O)NC(=O)C(CC(N)=O)NC(=O)C(C(C)C(C)Cl)NC(=O)C(CC(C)C)N(C)C(=O)[C@@H](C)NC(=O)CC(O)C(NC(=O)[C@@H](CC(C)C)NC=O)C(C)OC1=O. The van der Waals surface area contributed by atoms with Crippen molar-refractivity contribution in [2.24, 2.45) is 23.5 Å². The van der Waals surface area contributed by atoms with Crippen molar-refractivity contribution in [1.29, 1.82) is 0 Å². The molecule has 1 heterocycles. The molecule has 0 aliphatic carbocycles. The highest BCUT2D eigenvalue weighted by Crippen LogP contribution is 2.19. The highest BCUT2D eigenvalue weighted by Gasteiger charge is 2.40. The first-order valence-electron chi connectivity index (χ1n) is 26.8. The molecule has 27 heteroatoms. The van der Waals surface area contributed by atoms with Gasteiger partial charge in [0, 0.05) is 24.8 Å². The summed E-state index contributed by atoms with van der Waals surface area (Å²) in [7, 11) is 1.28. The predicted octanol–water partition coefficient (Wildman–Crippen LogP) is -2.19. The van der Waals surface area contributed by atoms with Crippen molar-refractivity contribution in [3.05, 3.63) is 35.9 Å². The van der Waals surface area contributed by atoms with Gasteiger partial charge in [-0.1, -0.05) is 78.3 Å². The maximum atomic E-state index is 14.4. The first-order valence-corrected chi connectivity index (χ1v) is 27.2. The quantitative estimate of drug-likeness (QED) is 0.0448. The van der Waals surface area contributed by atoms with Crippen molar-refractivity contribution in [1.82, 2.24) is 52.8 Å². The van der Waals surface area contributed by atoms with E-state index in [0.29, 0.717) is 18.4 Å². The van der Waals surface area contributed by atoms with Crippen molar-refractivity contribution in [2.75, 3.05) is 13.6 Å². The van der Waals surface area contributed by atoms with E-state index in [0.717, 1.165) is 11.8 Å². The van der Waals surface area contributed by atoms with Crippen LogP contribution in [-0.4, -0.2) is 178 Å². The number of halogens is 1. The number of nitrogens with one attached hydrogen (secondary N) is 9. The molecule has 10 unspecified atom stereocenters. The zero-order valence-electron chi connectivity index (χ0n) is 47.5. The normalized spacial score (nSPS) is 26.8. The zero-order chi connectivity index (χ0) is 60.7. The van der Waals surface area contributed by atoms with Gasteiger partial charge in [-0.2, -0.15) is 0 Å². The predicted molar refractivity (Wildman–Crippen MR) is 292 cm³/mol. The topological polar surface area (TPSA) is 392 Å². The van der Waals surface area contributed by atoms with Crippen molar-refractivity contribution in [3.63, 3.8) is 0 Å². The van der Waals surface area contributed by atoms with Gasteiger partial charge in [0.25, 0.3) is 0 Å². The van der Waals surface area contributed by atoms with Crippen LogP contribution in [0.2, 0.25) is 0 Å². The van der Waals surface area contributed by atoms with Crippen LogP contribution in [0.15, 0.2) is 30.3 Å². The molecular weight excluding hydrogens is 1070 g/mol. The molecule has 0 saturated carbocycles. The Bertz CT molecular complexity index is 2310. The Balaban J connectivity index is 2.82. The molecule has 26 nitrogen and oxygen atoms in total. The average molecular weight is 1150 g/mol. The second-order valence-electron chi connectivity index (χ2n) is 21.2. The average Bonchev–Trinajstić information content (AvgIpc) is 3.37. The number of nitrogens with zero attached hydrogens (tertiary/aromatic N) is 1. The van der Waals surface area contributed by atoms with Gasteiger partial charge >= 0.3 is 5.97 Å². The molecule has 14 atom stereocenters. The van der Waals surface area contributed by atoms with Crippen LogP contribution in [-0.2, 0) is 68.7 Å². The fraction of sp³-hybridized carbons (Fsp3) is 0.660. The Morgan fingerprint density at radius 3 is 1.95 bits per heavy atom. The number of esters is 1. The van der Waals surface area contributed by atoms with E-state index >= 15 is 0 Å². The van der Waals surface area contributed by atoms with E-state index in [1.54, 1.807) is 65.0 Å². The van der Waals surface area contributed by atoms with Gasteiger partial charge in [-0.3, -0.25) is 52.7 Å². The number of nitrogens with two attached hydrogens (primary N) is 1. The summed E-state index contributed by atoms with van der Waals surface area (Å²) < 4.78 is 5.74. The summed E-state index contributed by atoms with van der Waals surface area (Å²) in [5.74, 6) is -12.0. The second kappa shape index (κ2) is 33.6. The number of aliphatic hydroxyl groups is 2. The van der Waals surface area contributed by atoms with Crippen LogP contribution in [0.25, 0.3) is 0 Å². The van der Waals surface area contributed by atoms with Crippen LogP contribution < -0.4 is 53.6 Å². The number of cyclic esters (lactones) is 1. The van der Waals surface area contributed by atoms with Gasteiger partial charge in [-0.25, -0.2) is 4.79 Å². The van der Waals surface area contributed by atoms with E-state index in [9.17, 15) is 67.7 Å². The number of amides is 11. The number of carbonyl (C=O) groups excluding carboxylic acids is 12. The molecule has 1 aromatic rings. The number of benzene rings is 1. The summed E-state index contributed by atoms with van der Waals surface area (Å²) in [6.45, 7) is 14.8. The molecule has 2 rings (SSSR count). The molecule has 1 aliphatic heterocycles. The number of hydrogen-bond donors (Lipinski definition) is 12. The van der Waals surface area contributed by atoms with E-state index in [2.05, 4.69) is 47.9 Å². The van der Waals surface area contributed by atoms with Gasteiger partial charge in [0.15, 0.2) is 0 Å². The number of rotatable bonds is 17. The summed E-state index contributed by atoms with van der Waals surface area (Å²) in [6, 6.07) is -5.21. The summed E-state index contributed by atoms with van der Waals surface area (Å²) in [5, 5.41) is 43.9. The smallest absolute Gasteiger partial charge is 0.328 e. The first-order chi connectivity index (χ1) is 37.4. The Hall–Kier alpha value is -6.93. The van der Waals surface area contributed by atoms with Crippen LogP contribution in [0.5, 0.6) is 0 Å². The van der Waals surface area contributed by atoms with Crippen molar-refractivity contribution < 1.29 is 72.5 Å². The number of ether oxygens (including phenoxy) is 1. The van der Waals surface area contributed by atoms with E-state index in [1.165, 1.54) is 34.7 Å². The lowest BCUT2D eigenvalue weighted by atomic mass is 9.95. The fourth-order valence-corrected chi connectivity index (χ4v) is 8.78. The molecule has 11 amide bonds. The van der Waals surface area contributed by atoms with Gasteiger partial charge in [-0.05, 0) is 64.4 Å². The third kappa shape index (κ3) is 22.7. The van der Waals surface area contributed by atoms with Gasteiger partial charge in [0.05, 0.1) is 37.6 Å². The molecule has 0 aromatic heterocycles. The Morgan fingerprint density at radius 2 is 1.40 bits per heavy atom. The second-order valence-corrected chi connectivity index (χ2v) is 21.8. The minimum absolute atomic E-state index is 0.00746. The number of hydrogen-bond acceptors (Lipinski definition) is 15. The molecule has 448 valence electrons. The van der Waals surface area contributed by atoms with Gasteiger partial charge < -0.3 is 73.4 Å². The van der Waals surface area contributed by atoms with Crippen molar-refractivity contribution in [2.45, 2.75) is 192 Å². The lowest BCUT2D eigenvalue weighted by Crippen LogP contribution is -2.63. The van der Waals surface area contributed by atoms with Crippen molar-refractivity contribution in [3.8, 4) is 0 Å². The summed E-state index contributed by atoms with van der Waals surface area (Å²) in [6.07, 6.45) is -6.06. The van der Waals surface area contributed by atoms with E-state index in [-0.39, 0.29) is 37.5 Å². The molecule has 80 heavy (non-hydrogen) atoms. The van der Waals surface area contributed by atoms with Gasteiger partial charge in [0.2, 0.25) is 65.5 Å². The van der Waals surface area contributed by atoms with Crippen LogP contribution in [0, 0.1) is 17.8 Å². The van der Waals surface area contributed by atoms with Gasteiger partial charge in [-0.15, -0.1) is 11.6 Å². The first kappa shape index (κ1) is 69.2. The summed E-state index contributed by atoms with van der Waals surface area (Å²) in [4.78, 5) is 164. The minimum atomic E-state index is -1.86. The molecule has 1 saturated heterocycles. The number of carbonyl (C=O) groups is 12. The third-order valence-electron chi connectivity index (χ3n) is 13.2. The molecule has 1 aliphatic rings. The lowest BCUT2D eigenvalue weighted by molar-refractivity contribution is -0.156. The van der Waals surface area contributed by atoms with Crippen molar-refractivity contribution >= 4 is 83.1 Å². The molecule has 0 bridgehead atoms. The number of aliphatic hydroxyl groups excluding tert-OH is 2. The lowest BCUT2D eigenvalue weighted by Gasteiger charge is -2.34. The number of likely N-dealkylation sites (N-methyl/N-ethyl adjacent to an activating group) is 1. The van der Waals surface area contributed by atoms with Crippen LogP contribution in [0.1, 0.15) is 113 Å². The Labute approximate surface area is 472 Å². The highest BCUT2D eigenvalue weighted by atomic mass is 35.5. The Morgan fingerprint density at radius 1 is 0.800 bits per heavy atom. The standard InChI is InChI=1S/C53H84ClN11O15/c1-12-16-34-53(79)80-32(10)45(64-47(73)35(57-25-66)19-26(2)3)39(68)23-41(70)58-30(8)52(78)65(11)38(20-27(4)5)49(75)62-43(28(6)29(7)54)50(76)61-37(22-40(55)69)48(74)63-44(31(9)67)51(77)60-36(21-33-17-14-13-15-18-33)46(72)56-24-42(71)59-34/h13-15,17-18,25-32,34-39,43-45,67-68H,12,16,19-24H2,1-11H3,(H2,55,69)(H,56,72)(H,57,66)(H,58,70)(H,59,71)(H,60,77)(H,61,76)(H,62,75)(H,63,74)(H,64,73)/t28?,29?,30-,31?,32?,34-,35-,36?,37?,38?,39?,43?,44-,45?/m1/s1. The van der Waals surface area contributed by atoms with Crippen LogP contribution in [0.4, 0.5) is 0 Å².